The Kier molecular flexibility index (Phi) is 4.84. The van der Waals surface area contributed by atoms with Crippen molar-refractivity contribution in [2.75, 3.05) is 21.2 Å². The number of hydrogen-bond donors (Lipinski definition) is 0. The summed E-state index contributed by atoms with van der Waals surface area (Å²) >= 11 is 2.96. The number of hydrogen-bond acceptors (Lipinski definition) is 6. The molecule has 0 aromatic heterocycles. The first-order valence-corrected chi connectivity index (χ1v) is 7.35. The van der Waals surface area contributed by atoms with Gasteiger partial charge in [-0.05, 0) is 22.0 Å². The van der Waals surface area contributed by atoms with Crippen molar-refractivity contribution in [1.82, 2.24) is 4.31 Å². The van der Waals surface area contributed by atoms with E-state index in [0.29, 0.717) is 0 Å². The number of nitro groups is 1. The number of halogens is 1. The molecule has 1 aromatic rings. The van der Waals surface area contributed by atoms with E-state index in [2.05, 4.69) is 20.7 Å². The van der Waals surface area contributed by atoms with Crippen LogP contribution in [0.3, 0.4) is 0 Å². The smallest absolute Gasteiger partial charge is 0.344 e. The number of nitro benzene ring substituents is 1. The molecule has 0 saturated carbocycles. The molecule has 1 rings (SSSR count). The molecule has 110 valence electrons. The average molecular weight is 367 g/mol. The van der Waals surface area contributed by atoms with E-state index in [9.17, 15) is 23.3 Å². The van der Waals surface area contributed by atoms with Gasteiger partial charge in [-0.15, -0.1) is 0 Å². The number of nitrogens with zero attached hydrogens (tertiary/aromatic N) is 2. The molecule has 0 aliphatic heterocycles. The molecule has 0 bridgehead atoms. The predicted octanol–water partition coefficient (Wildman–Crippen LogP) is 1.39. The minimum Gasteiger partial charge on any atom is -0.465 e. The summed E-state index contributed by atoms with van der Waals surface area (Å²) in [4.78, 5) is 21.4. The van der Waals surface area contributed by atoms with Crippen LogP contribution in [0.15, 0.2) is 21.5 Å². The zero-order valence-electron chi connectivity index (χ0n) is 10.8. The van der Waals surface area contributed by atoms with Gasteiger partial charge < -0.3 is 4.74 Å². The lowest BCUT2D eigenvalue weighted by atomic mass is 10.2. The summed E-state index contributed by atoms with van der Waals surface area (Å²) in [5.41, 5.74) is -0.970. The summed E-state index contributed by atoms with van der Waals surface area (Å²) in [5.74, 6) is -0.987. The molecule has 0 N–H and O–H groups in total. The topological polar surface area (TPSA) is 107 Å². The summed E-state index contributed by atoms with van der Waals surface area (Å²) in [6, 6.07) is 1.88. The van der Waals surface area contributed by atoms with E-state index in [4.69, 9.17) is 0 Å². The van der Waals surface area contributed by atoms with Crippen LogP contribution in [0.2, 0.25) is 0 Å². The van der Waals surface area contributed by atoms with Gasteiger partial charge in [0.05, 0.1) is 16.9 Å². The van der Waals surface area contributed by atoms with Crippen molar-refractivity contribution in [2.24, 2.45) is 0 Å². The Morgan fingerprint density at radius 1 is 1.40 bits per heavy atom. The summed E-state index contributed by atoms with van der Waals surface area (Å²) in [6.07, 6.45) is 0. The molecule has 0 fully saturated rings. The Morgan fingerprint density at radius 2 is 1.95 bits per heavy atom. The van der Waals surface area contributed by atoms with E-state index < -0.39 is 32.2 Å². The van der Waals surface area contributed by atoms with Gasteiger partial charge in [-0.3, -0.25) is 10.1 Å². The van der Waals surface area contributed by atoms with E-state index in [1.807, 2.05) is 0 Å². The van der Waals surface area contributed by atoms with Gasteiger partial charge in [-0.1, -0.05) is 0 Å². The van der Waals surface area contributed by atoms with Crippen molar-refractivity contribution in [3.63, 3.8) is 0 Å². The number of methoxy groups -OCH3 is 1. The molecule has 0 aliphatic rings. The number of carbonyl (C=O) groups is 1. The van der Waals surface area contributed by atoms with Crippen LogP contribution in [0, 0.1) is 10.1 Å². The molecule has 0 heterocycles. The summed E-state index contributed by atoms with van der Waals surface area (Å²) in [6.45, 7) is 0. The second kappa shape index (κ2) is 5.85. The highest BCUT2D eigenvalue weighted by Gasteiger charge is 2.29. The monoisotopic (exact) mass is 366 g/mol. The molecule has 0 amide bonds. The third-order valence-corrected chi connectivity index (χ3v) is 5.18. The number of benzene rings is 1. The molecule has 1 aromatic carbocycles. The van der Waals surface area contributed by atoms with E-state index in [-0.39, 0.29) is 9.37 Å². The molecule has 0 atom stereocenters. The lowest BCUT2D eigenvalue weighted by molar-refractivity contribution is -0.385. The minimum absolute atomic E-state index is 0.00875. The molecule has 10 heteroatoms. The normalized spacial score (nSPS) is 11.4. The third-order valence-electron chi connectivity index (χ3n) is 2.41. The molecule has 0 radical (unpaired) electrons. The van der Waals surface area contributed by atoms with Crippen LogP contribution in [0.25, 0.3) is 0 Å². The van der Waals surface area contributed by atoms with Gasteiger partial charge in [0.15, 0.2) is 0 Å². The summed E-state index contributed by atoms with van der Waals surface area (Å²) in [5, 5.41) is 10.9. The summed E-state index contributed by atoms with van der Waals surface area (Å²) in [7, 11) is -0.195. The Bertz CT molecular complexity index is 671. The Balaban J connectivity index is 3.68. The fourth-order valence-electron chi connectivity index (χ4n) is 1.36. The van der Waals surface area contributed by atoms with Crippen molar-refractivity contribution in [3.05, 3.63) is 32.3 Å². The number of sulfonamides is 1. The van der Waals surface area contributed by atoms with Crippen LogP contribution in [0.4, 0.5) is 5.69 Å². The Hall–Kier alpha value is -1.52. The number of rotatable bonds is 4. The van der Waals surface area contributed by atoms with Crippen LogP contribution < -0.4 is 0 Å². The molecular weight excluding hydrogens is 356 g/mol. The van der Waals surface area contributed by atoms with Crippen molar-refractivity contribution in [3.8, 4) is 0 Å². The highest BCUT2D eigenvalue weighted by atomic mass is 79.9. The van der Waals surface area contributed by atoms with Crippen molar-refractivity contribution >= 4 is 37.6 Å². The van der Waals surface area contributed by atoms with E-state index >= 15 is 0 Å². The first-order valence-electron chi connectivity index (χ1n) is 5.11. The van der Waals surface area contributed by atoms with Gasteiger partial charge in [0.1, 0.15) is 5.56 Å². The van der Waals surface area contributed by atoms with Crippen LogP contribution in [-0.4, -0.2) is 44.8 Å². The van der Waals surface area contributed by atoms with Gasteiger partial charge in [0.2, 0.25) is 10.0 Å². The largest absolute Gasteiger partial charge is 0.465 e. The molecule has 0 saturated heterocycles. The first kappa shape index (κ1) is 16.5. The van der Waals surface area contributed by atoms with Gasteiger partial charge in [0, 0.05) is 24.6 Å². The zero-order chi connectivity index (χ0) is 15.7. The van der Waals surface area contributed by atoms with Crippen molar-refractivity contribution in [1.29, 1.82) is 0 Å². The van der Waals surface area contributed by atoms with Gasteiger partial charge in [-0.2, -0.15) is 0 Å². The van der Waals surface area contributed by atoms with Crippen molar-refractivity contribution < 1.29 is 22.9 Å². The quantitative estimate of drug-likeness (QED) is 0.452. The lowest BCUT2D eigenvalue weighted by Crippen LogP contribution is -2.23. The molecule has 20 heavy (non-hydrogen) atoms. The fourth-order valence-corrected chi connectivity index (χ4v) is 3.27. The predicted molar refractivity (Wildman–Crippen MR) is 73.0 cm³/mol. The highest BCUT2D eigenvalue weighted by Crippen LogP contribution is 2.32. The fraction of sp³-hybridized carbons (Fsp3) is 0.300. The zero-order valence-corrected chi connectivity index (χ0v) is 13.2. The highest BCUT2D eigenvalue weighted by molar-refractivity contribution is 9.10. The number of esters is 1. The Morgan fingerprint density at radius 3 is 2.35 bits per heavy atom. The molecule has 0 aliphatic carbocycles. The molecule has 0 spiro atoms. The molecular formula is C10H11BrN2O6S. The van der Waals surface area contributed by atoms with Crippen LogP contribution >= 0.6 is 15.9 Å². The lowest BCUT2D eigenvalue weighted by Gasteiger charge is -2.13. The minimum atomic E-state index is -3.86. The molecule has 0 unspecified atom stereocenters. The maximum Gasteiger partial charge on any atom is 0.344 e. The number of ether oxygens (including phenoxy) is 1. The van der Waals surface area contributed by atoms with E-state index in [0.717, 1.165) is 23.5 Å². The third kappa shape index (κ3) is 2.97. The SMILES string of the molecule is COC(=O)c1cc(S(=O)(=O)N(C)C)c(Br)cc1[N+](=O)[O-]. The van der Waals surface area contributed by atoms with Gasteiger partial charge in [0.25, 0.3) is 5.69 Å². The Labute approximate surface area is 123 Å². The van der Waals surface area contributed by atoms with E-state index in [1.165, 1.54) is 14.1 Å². The second-order valence-corrected chi connectivity index (χ2v) is 6.81. The second-order valence-electron chi connectivity index (χ2n) is 3.84. The molecule has 8 nitrogen and oxygen atoms in total. The van der Waals surface area contributed by atoms with Crippen LogP contribution in [0.1, 0.15) is 10.4 Å². The summed E-state index contributed by atoms with van der Waals surface area (Å²) < 4.78 is 29.5. The van der Waals surface area contributed by atoms with Gasteiger partial charge in [-0.25, -0.2) is 17.5 Å². The van der Waals surface area contributed by atoms with E-state index in [1.54, 1.807) is 0 Å². The first-order chi connectivity index (χ1) is 9.12. The van der Waals surface area contributed by atoms with Crippen LogP contribution in [0.5, 0.6) is 0 Å². The maximum absolute atomic E-state index is 12.1. The number of carbonyl (C=O) groups excluding carboxylic acids is 1. The van der Waals surface area contributed by atoms with Crippen LogP contribution in [-0.2, 0) is 14.8 Å². The standard InChI is InChI=1S/C10H11BrN2O6S/c1-12(2)20(17,18)9-4-6(10(14)19-3)8(13(15)16)5-7(9)11/h4-5H,1-3H3. The van der Waals surface area contributed by atoms with Gasteiger partial charge >= 0.3 is 5.97 Å². The maximum atomic E-state index is 12.1. The van der Waals surface area contributed by atoms with Crippen molar-refractivity contribution in [2.45, 2.75) is 4.90 Å². The average Bonchev–Trinajstić information content (AvgIpc) is 2.36.